The molecule has 2 aromatic carbocycles. The highest BCUT2D eigenvalue weighted by Gasteiger charge is 2.45. The average molecular weight is 801 g/mol. The van der Waals surface area contributed by atoms with Crippen molar-refractivity contribution in [3.05, 3.63) is 48.2 Å². The summed E-state index contributed by atoms with van der Waals surface area (Å²) in [5.41, 5.74) is 2.94. The summed E-state index contributed by atoms with van der Waals surface area (Å²) in [6, 6.07) is 9.34. The molecule has 2 saturated heterocycles. The minimum Gasteiger partial charge on any atom is -0.463 e. The van der Waals surface area contributed by atoms with E-state index in [-0.39, 0.29) is 43.4 Å². The second-order valence-corrected chi connectivity index (χ2v) is 18.7. The van der Waals surface area contributed by atoms with E-state index in [1.54, 1.807) is 46.8 Å². The van der Waals surface area contributed by atoms with Gasteiger partial charge in [0.2, 0.25) is 10.0 Å². The van der Waals surface area contributed by atoms with E-state index in [0.29, 0.717) is 35.4 Å². The maximum atomic E-state index is 14.1. The molecule has 2 aliphatic heterocycles. The lowest BCUT2D eigenvalue weighted by atomic mass is 9.93. The van der Waals surface area contributed by atoms with Gasteiger partial charge in [-0.05, 0) is 94.2 Å². The van der Waals surface area contributed by atoms with Gasteiger partial charge in [-0.25, -0.2) is 26.8 Å². The minimum absolute atomic E-state index is 0.189. The molecule has 6 rings (SSSR count). The number of hydrogen-bond donors (Lipinski definition) is 3. The summed E-state index contributed by atoms with van der Waals surface area (Å²) < 4.78 is 69.6. The molecule has 13 nitrogen and oxygen atoms in total. The quantitative estimate of drug-likeness (QED) is 0.167. The van der Waals surface area contributed by atoms with Crippen LogP contribution in [0.25, 0.3) is 10.9 Å². The fraction of sp³-hybridized carbons (Fsp3) is 0.575. The summed E-state index contributed by atoms with van der Waals surface area (Å²) in [6.07, 6.45) is 4.93. The molecule has 1 saturated carbocycles. The van der Waals surface area contributed by atoms with Crippen molar-refractivity contribution < 1.29 is 41.1 Å². The van der Waals surface area contributed by atoms with Gasteiger partial charge in [-0.3, -0.25) is 9.52 Å². The van der Waals surface area contributed by atoms with Gasteiger partial charge < -0.3 is 34.5 Å². The Morgan fingerprint density at radius 2 is 1.50 bits per heavy atom. The Balaban J connectivity index is 1.17. The Bertz CT molecular complexity index is 2060. The summed E-state index contributed by atoms with van der Waals surface area (Å²) in [5, 5.41) is 6.40. The number of aryl methyl sites for hydroxylation is 1. The second-order valence-electron chi connectivity index (χ2n) is 16.8. The summed E-state index contributed by atoms with van der Waals surface area (Å²) in [7, 11) is -2.12. The van der Waals surface area contributed by atoms with Crippen LogP contribution in [0.3, 0.4) is 0 Å². The minimum atomic E-state index is -4.01. The largest absolute Gasteiger partial charge is 0.463 e. The van der Waals surface area contributed by atoms with Crippen molar-refractivity contribution in [3.8, 4) is 0 Å². The Kier molecular flexibility index (Phi) is 11.5. The molecule has 2 amide bonds. The van der Waals surface area contributed by atoms with E-state index in [4.69, 9.17) is 9.47 Å². The van der Waals surface area contributed by atoms with Crippen LogP contribution in [0.2, 0.25) is 0 Å². The molecular weight excluding hydrogens is 747 g/mol. The Hall–Kier alpha value is -4.60. The smallest absolute Gasteiger partial charge is 0.408 e. The molecule has 1 aromatic heterocycles. The highest BCUT2D eigenvalue weighted by molar-refractivity contribution is 7.92. The molecule has 3 fully saturated rings. The van der Waals surface area contributed by atoms with Crippen LogP contribution in [0.1, 0.15) is 83.5 Å². The zero-order valence-corrected chi connectivity index (χ0v) is 33.9. The number of nitrogens with one attached hydrogen (secondary N) is 3. The number of esters is 1. The molecule has 1 aliphatic carbocycles. The standard InChI is InChI=1S/C40H54F2N6O7S/c1-26(2)33(44-37(51)55-38(3,4)5)36(50)54-21-22-56(52,53)45-28-7-8-30(31(24-28)47-17-12-39(10-11-39)13-18-47)35(49)43-29-23-27-9-16-46(6)34(27)32(25-29)48-19-14-40(41,42)15-20-48/h7-9,16,23-26,33,45H,10-15,17-22H2,1-6H3,(H,43,49)(H,44,51)/t33-/m0/s1. The van der Waals surface area contributed by atoms with Crippen LogP contribution in [0, 0.1) is 11.3 Å². The number of alkyl halides is 2. The van der Waals surface area contributed by atoms with Crippen LogP contribution in [-0.2, 0) is 31.3 Å². The third kappa shape index (κ3) is 10.0. The molecule has 3 aliphatic rings. The number of piperidine rings is 2. The summed E-state index contributed by atoms with van der Waals surface area (Å²) in [4.78, 5) is 43.3. The van der Waals surface area contributed by atoms with Crippen molar-refractivity contribution in [2.75, 3.05) is 58.4 Å². The van der Waals surface area contributed by atoms with Crippen LogP contribution in [0.15, 0.2) is 42.6 Å². The molecule has 0 radical (unpaired) electrons. The van der Waals surface area contributed by atoms with E-state index >= 15 is 0 Å². The lowest BCUT2D eigenvalue weighted by Crippen LogP contribution is -2.47. The SMILES string of the molecule is CC(C)[C@H](NC(=O)OC(C)(C)C)C(=O)OCCS(=O)(=O)Nc1ccc(C(=O)Nc2cc(N3CCC(F)(F)CC3)c3c(ccn3C)c2)c(N2CCC3(CC2)CC3)c1. The van der Waals surface area contributed by atoms with Gasteiger partial charge in [-0.15, -0.1) is 0 Å². The van der Waals surface area contributed by atoms with Gasteiger partial charge in [0.05, 0.1) is 28.1 Å². The number of alkyl carbamates (subject to hydrolysis) is 1. The number of hydrogen-bond acceptors (Lipinski definition) is 9. The lowest BCUT2D eigenvalue weighted by molar-refractivity contribution is -0.146. The van der Waals surface area contributed by atoms with Crippen LogP contribution in [0.4, 0.5) is 36.3 Å². The molecule has 3 aromatic rings. The number of ether oxygens (including phenoxy) is 2. The summed E-state index contributed by atoms with van der Waals surface area (Å²) >= 11 is 0. The summed E-state index contributed by atoms with van der Waals surface area (Å²) in [6.45, 7) is 9.87. The van der Waals surface area contributed by atoms with Gasteiger partial charge in [-0.1, -0.05) is 13.8 Å². The van der Waals surface area contributed by atoms with Gasteiger partial charge in [0.1, 0.15) is 24.0 Å². The first kappa shape index (κ1) is 41.0. The number of benzene rings is 2. The van der Waals surface area contributed by atoms with Gasteiger partial charge in [0.25, 0.3) is 11.8 Å². The third-order valence-electron chi connectivity index (χ3n) is 10.9. The van der Waals surface area contributed by atoms with Gasteiger partial charge >= 0.3 is 12.1 Å². The Morgan fingerprint density at radius 3 is 2.12 bits per heavy atom. The van der Waals surface area contributed by atoms with Gasteiger partial charge in [0.15, 0.2) is 0 Å². The van der Waals surface area contributed by atoms with E-state index in [1.807, 2.05) is 40.9 Å². The molecular formula is C40H54F2N6O7S. The van der Waals surface area contributed by atoms with Crippen molar-refractivity contribution in [2.24, 2.45) is 18.4 Å². The third-order valence-corrected chi connectivity index (χ3v) is 12.1. The Morgan fingerprint density at radius 1 is 0.875 bits per heavy atom. The molecule has 16 heteroatoms. The highest BCUT2D eigenvalue weighted by Crippen LogP contribution is 2.54. The van der Waals surface area contributed by atoms with Crippen molar-refractivity contribution >= 4 is 61.6 Å². The maximum absolute atomic E-state index is 14.1. The van der Waals surface area contributed by atoms with Crippen LogP contribution < -0.4 is 25.2 Å². The second kappa shape index (κ2) is 15.7. The number of carbonyl (C=O) groups is 3. The molecule has 3 N–H and O–H groups in total. The number of amides is 2. The molecule has 0 unspecified atom stereocenters. The monoisotopic (exact) mass is 800 g/mol. The van der Waals surface area contributed by atoms with E-state index in [1.165, 1.54) is 18.9 Å². The van der Waals surface area contributed by atoms with Crippen molar-refractivity contribution in [2.45, 2.75) is 90.7 Å². The van der Waals surface area contributed by atoms with Gasteiger partial charge in [-0.2, -0.15) is 0 Å². The van der Waals surface area contributed by atoms with Crippen molar-refractivity contribution in [1.29, 1.82) is 0 Å². The number of sulfonamides is 1. The number of halogens is 2. The van der Waals surface area contributed by atoms with Gasteiger partial charge in [0, 0.05) is 63.3 Å². The number of fused-ring (bicyclic) bond motifs is 1. The zero-order chi connectivity index (χ0) is 40.6. The molecule has 56 heavy (non-hydrogen) atoms. The van der Waals surface area contributed by atoms with E-state index in [0.717, 1.165) is 29.4 Å². The predicted molar refractivity (Wildman–Crippen MR) is 213 cm³/mol. The Labute approximate surface area is 327 Å². The van der Waals surface area contributed by atoms with Crippen LogP contribution >= 0.6 is 0 Å². The number of aromatic nitrogens is 1. The van der Waals surface area contributed by atoms with E-state index in [2.05, 4.69) is 20.3 Å². The first-order chi connectivity index (χ1) is 26.2. The first-order valence-electron chi connectivity index (χ1n) is 19.3. The fourth-order valence-corrected chi connectivity index (χ4v) is 8.35. The topological polar surface area (TPSA) is 151 Å². The first-order valence-corrected chi connectivity index (χ1v) is 21.0. The van der Waals surface area contributed by atoms with E-state index < -0.39 is 52.0 Å². The highest BCUT2D eigenvalue weighted by atomic mass is 32.2. The van der Waals surface area contributed by atoms with Crippen LogP contribution in [0.5, 0.6) is 0 Å². The predicted octanol–water partition coefficient (Wildman–Crippen LogP) is 6.88. The number of rotatable bonds is 12. The van der Waals surface area contributed by atoms with Crippen molar-refractivity contribution in [3.63, 3.8) is 0 Å². The lowest BCUT2D eigenvalue weighted by Gasteiger charge is -2.35. The number of nitrogens with zero attached hydrogens (tertiary/aromatic N) is 3. The number of anilines is 4. The molecule has 306 valence electrons. The maximum Gasteiger partial charge on any atom is 0.408 e. The normalized spacial score (nSPS) is 18.4. The summed E-state index contributed by atoms with van der Waals surface area (Å²) in [5.74, 6) is -4.77. The van der Waals surface area contributed by atoms with E-state index in [9.17, 15) is 31.6 Å². The van der Waals surface area contributed by atoms with Crippen LogP contribution in [-0.4, -0.2) is 87.1 Å². The number of carbonyl (C=O) groups excluding carboxylic acids is 3. The molecule has 1 spiro atoms. The molecule has 0 bridgehead atoms. The zero-order valence-electron chi connectivity index (χ0n) is 33.0. The average Bonchev–Trinajstić information content (AvgIpc) is 3.75. The fourth-order valence-electron chi connectivity index (χ4n) is 7.46. The molecule has 3 heterocycles. The van der Waals surface area contributed by atoms with Crippen molar-refractivity contribution in [1.82, 2.24) is 9.88 Å². The molecule has 1 atom stereocenters.